The van der Waals surface area contributed by atoms with Gasteiger partial charge in [0.2, 0.25) is 0 Å². The summed E-state index contributed by atoms with van der Waals surface area (Å²) in [6.45, 7) is -0.716. The first-order valence-electron chi connectivity index (χ1n) is 7.07. The fraction of sp³-hybridized carbons (Fsp3) is 1.00. The smallest absolute Gasteiger partial charge is 0.184 e. The number of rotatable bonds is 3. The van der Waals surface area contributed by atoms with Gasteiger partial charge in [-0.15, -0.1) is 0 Å². The Hall–Kier alpha value is -0.440. The van der Waals surface area contributed by atoms with E-state index in [9.17, 15) is 40.9 Å². The predicted octanol–water partition coefficient (Wildman–Crippen LogP) is -6.01. The third kappa shape index (κ3) is 3.36. The largest absolute Gasteiger partial charge is 0.394 e. The molecule has 2 fully saturated rings. The van der Waals surface area contributed by atoms with Gasteiger partial charge in [-0.25, -0.2) is 0 Å². The molecule has 0 bridgehead atoms. The second-order valence-electron chi connectivity index (χ2n) is 5.75. The van der Waals surface area contributed by atoms with Gasteiger partial charge in [0, 0.05) is 0 Å². The van der Waals surface area contributed by atoms with Crippen molar-refractivity contribution in [2.75, 3.05) is 6.61 Å². The molecule has 11 heteroatoms. The normalized spacial score (nSPS) is 53.1. The van der Waals surface area contributed by atoms with Gasteiger partial charge in [-0.1, -0.05) is 0 Å². The summed E-state index contributed by atoms with van der Waals surface area (Å²) in [6.07, 6.45) is -18.9. The highest BCUT2D eigenvalue weighted by Crippen LogP contribution is 2.29. The van der Waals surface area contributed by atoms with Gasteiger partial charge in [0.25, 0.3) is 0 Å². The Bertz CT molecular complexity index is 393. The summed E-state index contributed by atoms with van der Waals surface area (Å²) in [7, 11) is 0. The maximum Gasteiger partial charge on any atom is 0.184 e. The van der Waals surface area contributed by atoms with Crippen LogP contribution in [0.15, 0.2) is 0 Å². The standard InChI is InChI=1S/C12H22O11/c13-1-2-3(14)4(15)6(17)10(22-2)9(20)11-7(18)5(16)8(19)12(21)23-11/h2-21H,1H2/t2-,3-,4+,5-,6-,7-,8+,9?,10?,11-,12?/m1/s1. The molecular weight excluding hydrogens is 320 g/mol. The highest BCUT2D eigenvalue weighted by molar-refractivity contribution is 5.00. The van der Waals surface area contributed by atoms with Crippen molar-refractivity contribution in [1.29, 1.82) is 0 Å². The second-order valence-corrected chi connectivity index (χ2v) is 5.75. The summed E-state index contributed by atoms with van der Waals surface area (Å²) in [6, 6.07) is 0. The van der Waals surface area contributed by atoms with Gasteiger partial charge < -0.3 is 55.4 Å². The number of hydrogen-bond donors (Lipinski definition) is 9. The molecule has 0 amide bonds. The zero-order valence-corrected chi connectivity index (χ0v) is 11.9. The minimum atomic E-state index is -1.90. The molecule has 11 nitrogen and oxygen atoms in total. The van der Waals surface area contributed by atoms with Gasteiger partial charge in [0.1, 0.15) is 61.0 Å². The monoisotopic (exact) mass is 342 g/mol. The van der Waals surface area contributed by atoms with Gasteiger partial charge in [-0.2, -0.15) is 0 Å². The zero-order valence-electron chi connectivity index (χ0n) is 11.9. The lowest BCUT2D eigenvalue weighted by atomic mass is 9.87. The molecule has 2 rings (SSSR count). The molecule has 9 N–H and O–H groups in total. The molecule has 2 aliphatic heterocycles. The summed E-state index contributed by atoms with van der Waals surface area (Å²) in [5.41, 5.74) is 0. The number of hydrogen-bond acceptors (Lipinski definition) is 11. The SMILES string of the molecule is OC[C@H]1OC(C(O)[C@@H]2OC(O)[C@@H](O)[C@H](O)[C@H]2O)[C@H](O)[C@@H](O)[C@@H]1O. The van der Waals surface area contributed by atoms with Crippen LogP contribution >= 0.6 is 0 Å². The third-order valence-corrected chi connectivity index (χ3v) is 4.23. The molecule has 0 aromatic heterocycles. The van der Waals surface area contributed by atoms with Crippen molar-refractivity contribution in [1.82, 2.24) is 0 Å². The molecule has 136 valence electrons. The van der Waals surface area contributed by atoms with E-state index >= 15 is 0 Å². The average Bonchev–Trinajstić information content (AvgIpc) is 2.53. The molecule has 11 atom stereocenters. The van der Waals surface area contributed by atoms with Crippen molar-refractivity contribution in [3.8, 4) is 0 Å². The van der Waals surface area contributed by atoms with Crippen molar-refractivity contribution in [2.45, 2.75) is 67.3 Å². The lowest BCUT2D eigenvalue weighted by Gasteiger charge is -2.46. The second kappa shape index (κ2) is 7.21. The zero-order chi connectivity index (χ0) is 17.5. The van der Waals surface area contributed by atoms with E-state index in [1.807, 2.05) is 0 Å². The highest BCUT2D eigenvalue weighted by Gasteiger charge is 2.53. The highest BCUT2D eigenvalue weighted by atomic mass is 16.6. The summed E-state index contributed by atoms with van der Waals surface area (Å²) < 4.78 is 9.94. The Labute approximate surface area is 130 Å². The minimum Gasteiger partial charge on any atom is -0.394 e. The van der Waals surface area contributed by atoms with E-state index in [2.05, 4.69) is 0 Å². The summed E-state index contributed by atoms with van der Waals surface area (Å²) in [5, 5.41) is 86.9. The number of aliphatic hydroxyl groups is 9. The van der Waals surface area contributed by atoms with Crippen LogP contribution in [0.4, 0.5) is 0 Å². The minimum absolute atomic E-state index is 0.716. The predicted molar refractivity (Wildman–Crippen MR) is 68.7 cm³/mol. The van der Waals surface area contributed by atoms with Gasteiger partial charge in [-0.05, 0) is 0 Å². The van der Waals surface area contributed by atoms with E-state index in [1.54, 1.807) is 0 Å². The first kappa shape index (κ1) is 18.9. The van der Waals surface area contributed by atoms with Crippen LogP contribution in [0, 0.1) is 0 Å². The Morgan fingerprint density at radius 3 is 1.65 bits per heavy atom. The van der Waals surface area contributed by atoms with Crippen LogP contribution in [0.1, 0.15) is 0 Å². The van der Waals surface area contributed by atoms with Gasteiger partial charge in [-0.3, -0.25) is 0 Å². The molecule has 2 heterocycles. The fourth-order valence-corrected chi connectivity index (χ4v) is 2.77. The van der Waals surface area contributed by atoms with E-state index in [0.29, 0.717) is 0 Å². The molecular formula is C12H22O11. The molecule has 2 saturated heterocycles. The Balaban J connectivity index is 2.16. The van der Waals surface area contributed by atoms with Gasteiger partial charge in [0.15, 0.2) is 6.29 Å². The molecule has 0 aromatic carbocycles. The number of aliphatic hydroxyl groups excluding tert-OH is 9. The van der Waals surface area contributed by atoms with E-state index in [0.717, 1.165) is 0 Å². The van der Waals surface area contributed by atoms with Crippen LogP contribution in [0.3, 0.4) is 0 Å². The molecule has 0 radical (unpaired) electrons. The lowest BCUT2D eigenvalue weighted by Crippen LogP contribution is -2.67. The van der Waals surface area contributed by atoms with Crippen molar-refractivity contribution in [3.05, 3.63) is 0 Å². The molecule has 0 aromatic rings. The summed E-state index contributed by atoms with van der Waals surface area (Å²) in [5.74, 6) is 0. The van der Waals surface area contributed by atoms with E-state index in [1.165, 1.54) is 0 Å². The van der Waals surface area contributed by atoms with Crippen molar-refractivity contribution < 1.29 is 55.4 Å². The third-order valence-electron chi connectivity index (χ3n) is 4.23. The molecule has 0 aliphatic carbocycles. The average molecular weight is 342 g/mol. The Morgan fingerprint density at radius 1 is 0.652 bits per heavy atom. The van der Waals surface area contributed by atoms with E-state index < -0.39 is 73.9 Å². The van der Waals surface area contributed by atoms with Gasteiger partial charge in [0.05, 0.1) is 6.61 Å². The van der Waals surface area contributed by atoms with Crippen LogP contribution in [0.5, 0.6) is 0 Å². The molecule has 3 unspecified atom stereocenters. The van der Waals surface area contributed by atoms with Crippen molar-refractivity contribution >= 4 is 0 Å². The quantitative estimate of drug-likeness (QED) is 0.236. The molecule has 2 aliphatic rings. The van der Waals surface area contributed by atoms with Crippen molar-refractivity contribution in [2.24, 2.45) is 0 Å². The first-order chi connectivity index (χ1) is 10.7. The van der Waals surface area contributed by atoms with Crippen LogP contribution < -0.4 is 0 Å². The molecule has 0 spiro atoms. The fourth-order valence-electron chi connectivity index (χ4n) is 2.77. The topological polar surface area (TPSA) is 201 Å². The summed E-state index contributed by atoms with van der Waals surface area (Å²) in [4.78, 5) is 0. The molecule has 0 saturated carbocycles. The van der Waals surface area contributed by atoms with Crippen LogP contribution in [0.2, 0.25) is 0 Å². The van der Waals surface area contributed by atoms with E-state index in [4.69, 9.17) is 14.6 Å². The lowest BCUT2D eigenvalue weighted by molar-refractivity contribution is -0.319. The van der Waals surface area contributed by atoms with Gasteiger partial charge >= 0.3 is 0 Å². The maximum absolute atomic E-state index is 10.2. The number of ether oxygens (including phenoxy) is 2. The Morgan fingerprint density at radius 2 is 1.13 bits per heavy atom. The van der Waals surface area contributed by atoms with E-state index in [-0.39, 0.29) is 0 Å². The van der Waals surface area contributed by atoms with Crippen LogP contribution in [0.25, 0.3) is 0 Å². The van der Waals surface area contributed by atoms with Crippen molar-refractivity contribution in [3.63, 3.8) is 0 Å². The van der Waals surface area contributed by atoms with Crippen LogP contribution in [-0.4, -0.2) is 120 Å². The molecule has 23 heavy (non-hydrogen) atoms. The maximum atomic E-state index is 10.2. The first-order valence-corrected chi connectivity index (χ1v) is 7.07. The van der Waals surface area contributed by atoms with Crippen LogP contribution in [-0.2, 0) is 9.47 Å². The Kier molecular flexibility index (Phi) is 5.92. The summed E-state index contributed by atoms with van der Waals surface area (Å²) >= 11 is 0.